The first-order valence-corrected chi connectivity index (χ1v) is 30.1. The molecule has 1 aliphatic rings. The summed E-state index contributed by atoms with van der Waals surface area (Å²) in [7, 11) is 0. The first kappa shape index (κ1) is 55.2. The molecule has 0 atom stereocenters. The predicted molar refractivity (Wildman–Crippen MR) is 364 cm³/mol. The molecule has 0 aromatic heterocycles. The van der Waals surface area contributed by atoms with Crippen LogP contribution in [0.15, 0.2) is 291 Å². The Labute approximate surface area is 509 Å². The van der Waals surface area contributed by atoms with E-state index in [1.807, 2.05) is 0 Å². The molecule has 0 radical (unpaired) electrons. The van der Waals surface area contributed by atoms with Crippen molar-refractivity contribution in [2.75, 3.05) is 9.80 Å². The molecule has 13 rings (SSSR count). The van der Waals surface area contributed by atoms with Crippen LogP contribution in [0, 0.1) is 0 Å². The van der Waals surface area contributed by atoms with E-state index in [0.717, 1.165) is 67.9 Å². The van der Waals surface area contributed by atoms with Gasteiger partial charge in [0.1, 0.15) is 11.5 Å². The van der Waals surface area contributed by atoms with Gasteiger partial charge in [-0.15, -0.1) is 0 Å². The van der Waals surface area contributed by atoms with Crippen molar-refractivity contribution in [3.63, 3.8) is 0 Å². The number of anilines is 6. The van der Waals surface area contributed by atoms with E-state index in [1.165, 1.54) is 66.8 Å². The van der Waals surface area contributed by atoms with E-state index >= 15 is 0 Å². The molecule has 0 N–H and O–H groups in total. The molecule has 3 heteroatoms. The van der Waals surface area contributed by atoms with E-state index in [9.17, 15) is 0 Å². The van der Waals surface area contributed by atoms with Gasteiger partial charge in [-0.3, -0.25) is 0 Å². The average Bonchev–Trinajstić information content (AvgIpc) is 0.793. The van der Waals surface area contributed by atoms with Gasteiger partial charge in [-0.25, -0.2) is 0 Å². The quantitative estimate of drug-likeness (QED) is 0.121. The van der Waals surface area contributed by atoms with Gasteiger partial charge in [0, 0.05) is 61.8 Å². The first-order chi connectivity index (χ1) is 41.6. The fourth-order valence-electron chi connectivity index (χ4n) is 12.2. The molecule has 0 amide bonds. The molecular formula is C83H72N2O. The molecule has 0 fully saturated rings. The fourth-order valence-corrected chi connectivity index (χ4v) is 12.2. The molecule has 0 spiro atoms. The van der Waals surface area contributed by atoms with Gasteiger partial charge in [-0.2, -0.15) is 0 Å². The molecular weight excluding hydrogens is 1040 g/mol. The van der Waals surface area contributed by atoms with Gasteiger partial charge in [0.25, 0.3) is 0 Å². The molecule has 420 valence electrons. The lowest BCUT2D eigenvalue weighted by Crippen LogP contribution is -2.27. The lowest BCUT2D eigenvalue weighted by molar-refractivity contribution is 0.418. The molecule has 3 nitrogen and oxygen atoms in total. The van der Waals surface area contributed by atoms with Gasteiger partial charge in [-0.05, 0) is 163 Å². The Morgan fingerprint density at radius 2 is 0.465 bits per heavy atom. The summed E-state index contributed by atoms with van der Waals surface area (Å²) < 4.78 is 7.62. The van der Waals surface area contributed by atoms with Crippen molar-refractivity contribution >= 4 is 34.1 Å². The Bertz CT molecular complexity index is 3860. The zero-order valence-electron chi connectivity index (χ0n) is 50.5. The van der Waals surface area contributed by atoms with E-state index < -0.39 is 5.41 Å². The first-order valence-electron chi connectivity index (χ1n) is 30.1. The number of fused-ring (bicyclic) bond motifs is 2. The summed E-state index contributed by atoms with van der Waals surface area (Å²) in [6.07, 6.45) is 0. The van der Waals surface area contributed by atoms with E-state index in [1.54, 1.807) is 0 Å². The van der Waals surface area contributed by atoms with Crippen LogP contribution in [0.2, 0.25) is 0 Å². The van der Waals surface area contributed by atoms with Gasteiger partial charge < -0.3 is 14.5 Å². The van der Waals surface area contributed by atoms with Crippen LogP contribution in [0.3, 0.4) is 0 Å². The third-order valence-electron chi connectivity index (χ3n) is 17.3. The van der Waals surface area contributed by atoms with Crippen LogP contribution in [0.4, 0.5) is 34.1 Å². The Kier molecular flexibility index (Phi) is 14.5. The van der Waals surface area contributed by atoms with Crippen molar-refractivity contribution in [1.82, 2.24) is 0 Å². The number of rotatable bonds is 12. The minimum absolute atomic E-state index is 0.128. The Morgan fingerprint density at radius 1 is 0.256 bits per heavy atom. The summed E-state index contributed by atoms with van der Waals surface area (Å²) >= 11 is 0. The highest BCUT2D eigenvalue weighted by atomic mass is 16.5. The van der Waals surface area contributed by atoms with Crippen LogP contribution in [0.1, 0.15) is 77.6 Å². The molecule has 12 aromatic rings. The number of hydrogen-bond acceptors (Lipinski definition) is 3. The van der Waals surface area contributed by atoms with Crippen molar-refractivity contribution in [3.05, 3.63) is 313 Å². The van der Waals surface area contributed by atoms with Crippen LogP contribution < -0.4 is 14.5 Å². The topological polar surface area (TPSA) is 15.7 Å². The van der Waals surface area contributed by atoms with Gasteiger partial charge in [-0.1, -0.05) is 262 Å². The molecule has 0 bridgehead atoms. The number of ether oxygens (including phenoxy) is 1. The number of nitrogens with zero attached hydrogens (tertiary/aromatic N) is 2. The molecule has 0 saturated heterocycles. The van der Waals surface area contributed by atoms with E-state index in [0.29, 0.717) is 0 Å². The highest BCUT2D eigenvalue weighted by Gasteiger charge is 2.40. The zero-order chi connectivity index (χ0) is 59.2. The molecule has 1 heterocycles. The maximum absolute atomic E-state index is 7.62. The maximum Gasteiger partial charge on any atom is 0.139 e. The van der Waals surface area contributed by atoms with Gasteiger partial charge >= 0.3 is 0 Å². The Hall–Kier alpha value is -9.96. The van der Waals surface area contributed by atoms with Gasteiger partial charge in [0.2, 0.25) is 0 Å². The minimum atomic E-state index is -0.419. The largest absolute Gasteiger partial charge is 0.455 e. The minimum Gasteiger partial charge on any atom is -0.455 e. The normalized spacial score (nSPS) is 12.6. The van der Waals surface area contributed by atoms with Gasteiger partial charge in [0.05, 0.1) is 0 Å². The van der Waals surface area contributed by atoms with Crippen molar-refractivity contribution in [1.29, 1.82) is 0 Å². The van der Waals surface area contributed by atoms with Crippen LogP contribution in [-0.4, -0.2) is 0 Å². The van der Waals surface area contributed by atoms with Gasteiger partial charge in [0.15, 0.2) is 0 Å². The third kappa shape index (κ3) is 10.9. The number of benzene rings is 12. The fraction of sp³-hybridized carbons (Fsp3) is 0.133. The maximum atomic E-state index is 7.62. The second-order valence-corrected chi connectivity index (χ2v) is 25.4. The summed E-state index contributed by atoms with van der Waals surface area (Å²) in [5.74, 6) is 1.80. The summed E-state index contributed by atoms with van der Waals surface area (Å²) in [6.45, 7) is 18.7. The Balaban J connectivity index is 0.897. The van der Waals surface area contributed by atoms with Crippen LogP contribution in [-0.2, 0) is 16.2 Å². The highest BCUT2D eigenvalue weighted by molar-refractivity contribution is 5.87. The van der Waals surface area contributed by atoms with E-state index in [-0.39, 0.29) is 10.8 Å². The summed E-state index contributed by atoms with van der Waals surface area (Å²) in [5.41, 5.74) is 24.6. The van der Waals surface area contributed by atoms with Crippen LogP contribution in [0.5, 0.6) is 11.5 Å². The smallest absolute Gasteiger partial charge is 0.139 e. The molecule has 0 saturated carbocycles. The SMILES string of the molecule is CC(C)(C)c1cc(-c2ccc(N(c3ccc(-c4ccccc4)cc3)c3ccc(-c4ccccc4)cc3)cc2)c2c(c1)C(C)(C)c1cc(C(C)(C)C)cc(-c3ccc(N(c4ccc(-c5ccccc5)cc4)c4ccc(-c5ccccc5)cc4)cc3)c1O2. The lowest BCUT2D eigenvalue weighted by Gasteiger charge is -2.39. The zero-order valence-corrected chi connectivity index (χ0v) is 50.5. The van der Waals surface area contributed by atoms with E-state index in [4.69, 9.17) is 4.74 Å². The van der Waals surface area contributed by atoms with Crippen LogP contribution >= 0.6 is 0 Å². The molecule has 1 aliphatic heterocycles. The standard InChI is InChI=1S/C83H72N2O/c1-81(2,3)67-53-75(65-37-49-73(50-38-65)84(69-41-29-61(30-42-69)57-21-13-9-14-22-57)70-43-31-62(32-44-70)58-23-15-10-16-24-58)79-77(55-67)83(7,8)78-56-68(82(4,5)6)54-76(80(78)86-79)66-39-51-74(52-40-66)85(71-45-33-63(34-46-71)59-25-17-11-18-26-59)72-47-35-64(36-48-72)60-27-19-12-20-28-60/h9-56H,1-8H3. The summed E-state index contributed by atoms with van der Waals surface area (Å²) in [4.78, 5) is 4.72. The van der Waals surface area contributed by atoms with Crippen molar-refractivity contribution in [2.45, 2.75) is 71.6 Å². The monoisotopic (exact) mass is 1110 g/mol. The summed E-state index contributed by atoms with van der Waals surface area (Å²) in [6, 6.07) is 106. The van der Waals surface area contributed by atoms with E-state index in [2.05, 4.69) is 356 Å². The molecule has 12 aromatic carbocycles. The molecule has 0 unspecified atom stereocenters. The summed E-state index contributed by atoms with van der Waals surface area (Å²) in [5, 5.41) is 0. The molecule has 86 heavy (non-hydrogen) atoms. The van der Waals surface area contributed by atoms with Crippen LogP contribution in [0.25, 0.3) is 66.8 Å². The molecule has 0 aliphatic carbocycles. The van der Waals surface area contributed by atoms with Crippen molar-refractivity contribution < 1.29 is 4.74 Å². The third-order valence-corrected chi connectivity index (χ3v) is 17.3. The highest BCUT2D eigenvalue weighted by Crippen LogP contribution is 2.56. The lowest BCUT2D eigenvalue weighted by atomic mass is 9.70. The van der Waals surface area contributed by atoms with Crippen molar-refractivity contribution in [3.8, 4) is 78.3 Å². The average molecular weight is 1110 g/mol. The second-order valence-electron chi connectivity index (χ2n) is 25.4. The predicted octanol–water partition coefficient (Wildman–Crippen LogP) is 23.7. The second kappa shape index (κ2) is 22.6. The Morgan fingerprint density at radius 3 is 0.686 bits per heavy atom. The number of hydrogen-bond donors (Lipinski definition) is 0. The van der Waals surface area contributed by atoms with Crippen molar-refractivity contribution in [2.24, 2.45) is 0 Å².